The van der Waals surface area contributed by atoms with E-state index in [-0.39, 0.29) is 18.9 Å². The largest absolute Gasteiger partial charge is 0.469 e. The summed E-state index contributed by atoms with van der Waals surface area (Å²) in [6.07, 6.45) is -1.66. The van der Waals surface area contributed by atoms with E-state index in [0.717, 1.165) is 14.0 Å². The Kier molecular flexibility index (Phi) is 13.6. The van der Waals surface area contributed by atoms with E-state index >= 15 is 0 Å². The number of esters is 3. The summed E-state index contributed by atoms with van der Waals surface area (Å²) in [6.45, 7) is -0.586. The molecule has 0 bridgehead atoms. The van der Waals surface area contributed by atoms with Gasteiger partial charge in [-0.1, -0.05) is 30.3 Å². The summed E-state index contributed by atoms with van der Waals surface area (Å²) in [5, 5.41) is 17.5. The van der Waals surface area contributed by atoms with Crippen LogP contribution < -0.4 is 16.0 Å². The van der Waals surface area contributed by atoms with Crippen LogP contribution in [0.2, 0.25) is 0 Å². The lowest BCUT2D eigenvalue weighted by molar-refractivity contribution is -0.384. The van der Waals surface area contributed by atoms with Crippen molar-refractivity contribution in [3.05, 3.63) is 75.8 Å². The standard InChI is InChI=1S/C27H30N4O12/c1-17(32)41-16-22(25(35)28-13-24(34)42-14-19-8-10-20(11-9-19)31(38)39)29-26(36)21(12-23(33)40-2)30-27(37)43-15-18-6-4-3-5-7-18/h3-11,21-22H,12-16H2,1-2H3,(H,28,35)(H,29,36)(H,30,37). The Morgan fingerprint density at radius 3 is 2.02 bits per heavy atom. The lowest BCUT2D eigenvalue weighted by Crippen LogP contribution is -2.56. The molecule has 2 unspecified atom stereocenters. The average Bonchev–Trinajstić information content (AvgIpc) is 2.99. The molecular formula is C27H30N4O12. The van der Waals surface area contributed by atoms with Gasteiger partial charge < -0.3 is 34.9 Å². The SMILES string of the molecule is COC(=O)CC(NC(=O)OCc1ccccc1)C(=O)NC(COC(C)=O)C(=O)NCC(=O)OCc1ccc([N+](=O)[O-])cc1. The summed E-state index contributed by atoms with van der Waals surface area (Å²) < 4.78 is 19.5. The number of ether oxygens (including phenoxy) is 4. The number of carbonyl (C=O) groups excluding carboxylic acids is 6. The third-order valence-corrected chi connectivity index (χ3v) is 5.46. The van der Waals surface area contributed by atoms with Crippen LogP contribution in [0.1, 0.15) is 24.5 Å². The van der Waals surface area contributed by atoms with Crippen molar-refractivity contribution >= 4 is 41.5 Å². The topological polar surface area (TPSA) is 219 Å². The van der Waals surface area contributed by atoms with Crippen molar-refractivity contribution in [3.8, 4) is 0 Å². The predicted octanol–water partition coefficient (Wildman–Crippen LogP) is 0.660. The van der Waals surface area contributed by atoms with Crippen LogP contribution in [0, 0.1) is 10.1 Å². The fourth-order valence-corrected chi connectivity index (χ4v) is 3.23. The molecule has 0 radical (unpaired) electrons. The molecule has 0 aliphatic carbocycles. The summed E-state index contributed by atoms with van der Waals surface area (Å²) in [5.74, 6) is -4.49. The quantitative estimate of drug-likeness (QED) is 0.111. The zero-order valence-electron chi connectivity index (χ0n) is 23.2. The predicted molar refractivity (Wildman–Crippen MR) is 145 cm³/mol. The van der Waals surface area contributed by atoms with Gasteiger partial charge in [-0.05, 0) is 23.3 Å². The molecule has 3 amide bonds. The van der Waals surface area contributed by atoms with E-state index in [1.54, 1.807) is 30.3 Å². The van der Waals surface area contributed by atoms with Crippen molar-refractivity contribution in [1.29, 1.82) is 0 Å². The fraction of sp³-hybridized carbons (Fsp3) is 0.333. The monoisotopic (exact) mass is 602 g/mol. The number of nitrogens with one attached hydrogen (secondary N) is 3. The van der Waals surface area contributed by atoms with Gasteiger partial charge in [-0.3, -0.25) is 34.1 Å². The van der Waals surface area contributed by atoms with E-state index in [0.29, 0.717) is 11.1 Å². The Hall–Kier alpha value is -5.54. The number of nitro benzene ring substituents is 1. The molecule has 0 saturated heterocycles. The lowest BCUT2D eigenvalue weighted by atomic mass is 10.1. The highest BCUT2D eigenvalue weighted by molar-refractivity contribution is 5.94. The second-order valence-electron chi connectivity index (χ2n) is 8.70. The van der Waals surface area contributed by atoms with Gasteiger partial charge >= 0.3 is 24.0 Å². The Morgan fingerprint density at radius 2 is 1.42 bits per heavy atom. The van der Waals surface area contributed by atoms with E-state index in [4.69, 9.17) is 14.2 Å². The molecule has 43 heavy (non-hydrogen) atoms. The van der Waals surface area contributed by atoms with E-state index < -0.39 is 72.4 Å². The summed E-state index contributed by atoms with van der Waals surface area (Å²) in [7, 11) is 1.07. The van der Waals surface area contributed by atoms with Gasteiger partial charge in [-0.15, -0.1) is 0 Å². The van der Waals surface area contributed by atoms with Gasteiger partial charge in [-0.2, -0.15) is 0 Å². The Morgan fingerprint density at radius 1 is 0.791 bits per heavy atom. The Bertz CT molecular complexity index is 1300. The number of methoxy groups -OCH3 is 1. The van der Waals surface area contributed by atoms with Crippen LogP contribution in [0.4, 0.5) is 10.5 Å². The van der Waals surface area contributed by atoms with Crippen LogP contribution in [0.25, 0.3) is 0 Å². The van der Waals surface area contributed by atoms with Crippen LogP contribution in [0.5, 0.6) is 0 Å². The summed E-state index contributed by atoms with van der Waals surface area (Å²) in [4.78, 5) is 83.6. The highest BCUT2D eigenvalue weighted by atomic mass is 16.6. The first-order chi connectivity index (χ1) is 20.5. The summed E-state index contributed by atoms with van der Waals surface area (Å²) >= 11 is 0. The molecule has 0 saturated carbocycles. The fourth-order valence-electron chi connectivity index (χ4n) is 3.23. The molecule has 230 valence electrons. The molecule has 0 aromatic heterocycles. The van der Waals surface area contributed by atoms with Crippen molar-refractivity contribution in [2.45, 2.75) is 38.6 Å². The maximum Gasteiger partial charge on any atom is 0.408 e. The minimum absolute atomic E-state index is 0.128. The number of hydrogen-bond acceptors (Lipinski definition) is 12. The molecule has 0 spiro atoms. The number of carbonyl (C=O) groups is 6. The number of nitro groups is 1. The van der Waals surface area contributed by atoms with Gasteiger partial charge in [0, 0.05) is 19.1 Å². The summed E-state index contributed by atoms with van der Waals surface area (Å²) in [5.41, 5.74) is 0.976. The number of amides is 3. The minimum Gasteiger partial charge on any atom is -0.469 e. The van der Waals surface area contributed by atoms with Gasteiger partial charge in [0.25, 0.3) is 5.69 Å². The average molecular weight is 603 g/mol. The van der Waals surface area contributed by atoms with Crippen LogP contribution in [0.15, 0.2) is 54.6 Å². The van der Waals surface area contributed by atoms with Crippen molar-refractivity contribution in [2.75, 3.05) is 20.3 Å². The van der Waals surface area contributed by atoms with Gasteiger partial charge in [0.1, 0.15) is 38.4 Å². The van der Waals surface area contributed by atoms with Gasteiger partial charge in [-0.25, -0.2) is 4.79 Å². The zero-order chi connectivity index (χ0) is 31.8. The maximum absolute atomic E-state index is 13.0. The van der Waals surface area contributed by atoms with Crippen LogP contribution >= 0.6 is 0 Å². The first kappa shape index (κ1) is 33.7. The van der Waals surface area contributed by atoms with Crippen molar-refractivity contribution in [1.82, 2.24) is 16.0 Å². The second kappa shape index (κ2) is 17.3. The van der Waals surface area contributed by atoms with Crippen molar-refractivity contribution < 1.29 is 52.6 Å². The second-order valence-corrected chi connectivity index (χ2v) is 8.70. The van der Waals surface area contributed by atoms with Crippen molar-refractivity contribution in [2.24, 2.45) is 0 Å². The number of rotatable bonds is 15. The molecule has 16 heteroatoms. The van der Waals surface area contributed by atoms with E-state index in [1.807, 2.05) is 0 Å². The smallest absolute Gasteiger partial charge is 0.408 e. The van der Waals surface area contributed by atoms with Crippen LogP contribution in [-0.4, -0.2) is 73.1 Å². The molecule has 2 aromatic carbocycles. The molecule has 16 nitrogen and oxygen atoms in total. The molecule has 0 aliphatic rings. The Balaban J connectivity index is 1.98. The van der Waals surface area contributed by atoms with Gasteiger partial charge in [0.05, 0.1) is 18.5 Å². The number of hydrogen-bond donors (Lipinski definition) is 3. The van der Waals surface area contributed by atoms with E-state index in [2.05, 4.69) is 20.7 Å². The van der Waals surface area contributed by atoms with Crippen LogP contribution in [-0.2, 0) is 56.1 Å². The van der Waals surface area contributed by atoms with E-state index in [1.165, 1.54) is 24.3 Å². The Labute approximate surface area is 245 Å². The number of non-ortho nitro benzene ring substituents is 1. The van der Waals surface area contributed by atoms with Gasteiger partial charge in [0.2, 0.25) is 11.8 Å². The van der Waals surface area contributed by atoms with Crippen LogP contribution in [0.3, 0.4) is 0 Å². The molecule has 2 aromatic rings. The normalized spacial score (nSPS) is 11.6. The third-order valence-electron chi connectivity index (χ3n) is 5.46. The molecule has 2 atom stereocenters. The maximum atomic E-state index is 13.0. The molecule has 0 aliphatic heterocycles. The first-order valence-corrected chi connectivity index (χ1v) is 12.6. The third kappa shape index (κ3) is 12.7. The van der Waals surface area contributed by atoms with Crippen molar-refractivity contribution in [3.63, 3.8) is 0 Å². The summed E-state index contributed by atoms with van der Waals surface area (Å²) in [6, 6.07) is 10.8. The molecule has 3 N–H and O–H groups in total. The van der Waals surface area contributed by atoms with Gasteiger partial charge in [0.15, 0.2) is 0 Å². The lowest BCUT2D eigenvalue weighted by Gasteiger charge is -2.22. The number of nitrogens with zero attached hydrogens (tertiary/aromatic N) is 1. The molecular weight excluding hydrogens is 572 g/mol. The molecule has 0 heterocycles. The minimum atomic E-state index is -1.55. The number of benzene rings is 2. The highest BCUT2D eigenvalue weighted by Crippen LogP contribution is 2.12. The zero-order valence-corrected chi connectivity index (χ0v) is 23.2. The first-order valence-electron chi connectivity index (χ1n) is 12.6. The molecule has 0 fully saturated rings. The number of alkyl carbamates (subject to hydrolysis) is 1. The van der Waals surface area contributed by atoms with E-state index in [9.17, 15) is 38.9 Å². The molecule has 2 rings (SSSR count). The highest BCUT2D eigenvalue weighted by Gasteiger charge is 2.30.